The standard InChI is InChI=1S/C27H33N3O4S/c1-18-7-9-20(10-8-18)15-22-19(2)28-27(30(4)26(22)32)35-17-25(31)29(3)14-13-21-11-12-23(33-5)24(16-21)34-6/h7-12,16H,13-15,17H2,1-6H3. The van der Waals surface area contributed by atoms with Crippen molar-refractivity contribution in [1.82, 2.24) is 14.5 Å². The molecular weight excluding hydrogens is 462 g/mol. The smallest absolute Gasteiger partial charge is 0.257 e. The minimum Gasteiger partial charge on any atom is -0.493 e. The highest BCUT2D eigenvalue weighted by Gasteiger charge is 2.16. The number of benzene rings is 2. The Labute approximate surface area is 211 Å². The van der Waals surface area contributed by atoms with Crippen molar-refractivity contribution in [3.63, 3.8) is 0 Å². The first-order chi connectivity index (χ1) is 16.7. The number of hydrogen-bond donors (Lipinski definition) is 0. The van der Waals surface area contributed by atoms with Crippen LogP contribution in [0.4, 0.5) is 0 Å². The van der Waals surface area contributed by atoms with Gasteiger partial charge in [0.2, 0.25) is 5.91 Å². The average molecular weight is 496 g/mol. The van der Waals surface area contributed by atoms with Crippen molar-refractivity contribution in [2.24, 2.45) is 7.05 Å². The molecule has 1 amide bonds. The number of carbonyl (C=O) groups is 1. The molecule has 1 aromatic heterocycles. The van der Waals surface area contributed by atoms with E-state index in [1.165, 1.54) is 21.9 Å². The fourth-order valence-corrected chi connectivity index (χ4v) is 4.62. The van der Waals surface area contributed by atoms with E-state index in [0.717, 1.165) is 11.1 Å². The number of methoxy groups -OCH3 is 2. The summed E-state index contributed by atoms with van der Waals surface area (Å²) >= 11 is 1.29. The molecule has 0 aliphatic heterocycles. The molecule has 0 saturated carbocycles. The maximum Gasteiger partial charge on any atom is 0.257 e. The summed E-state index contributed by atoms with van der Waals surface area (Å²) in [6, 6.07) is 13.9. The average Bonchev–Trinajstić information content (AvgIpc) is 2.87. The van der Waals surface area contributed by atoms with Gasteiger partial charge in [-0.25, -0.2) is 4.98 Å². The summed E-state index contributed by atoms with van der Waals surface area (Å²) in [4.78, 5) is 32.1. The number of likely N-dealkylation sites (N-methyl/N-ethyl adjacent to an activating group) is 1. The normalized spacial score (nSPS) is 10.8. The van der Waals surface area contributed by atoms with Gasteiger partial charge in [0.1, 0.15) is 0 Å². The van der Waals surface area contributed by atoms with Crippen molar-refractivity contribution >= 4 is 17.7 Å². The van der Waals surface area contributed by atoms with Gasteiger partial charge < -0.3 is 14.4 Å². The van der Waals surface area contributed by atoms with E-state index in [9.17, 15) is 9.59 Å². The monoisotopic (exact) mass is 495 g/mol. The van der Waals surface area contributed by atoms with Crippen LogP contribution in [0.1, 0.15) is 27.9 Å². The van der Waals surface area contributed by atoms with E-state index in [1.54, 1.807) is 33.2 Å². The van der Waals surface area contributed by atoms with Gasteiger partial charge in [-0.1, -0.05) is 47.7 Å². The number of hydrogen-bond acceptors (Lipinski definition) is 6. The van der Waals surface area contributed by atoms with Crippen molar-refractivity contribution in [3.05, 3.63) is 80.8 Å². The van der Waals surface area contributed by atoms with Gasteiger partial charge >= 0.3 is 0 Å². The maximum absolute atomic E-state index is 13.0. The molecule has 0 saturated heterocycles. The number of carbonyl (C=O) groups excluding carboxylic acids is 1. The van der Waals surface area contributed by atoms with Crippen molar-refractivity contribution in [2.75, 3.05) is 33.6 Å². The zero-order chi connectivity index (χ0) is 25.5. The summed E-state index contributed by atoms with van der Waals surface area (Å²) in [7, 11) is 6.70. The fourth-order valence-electron chi connectivity index (χ4n) is 3.67. The highest BCUT2D eigenvalue weighted by atomic mass is 32.2. The van der Waals surface area contributed by atoms with Crippen molar-refractivity contribution in [2.45, 2.75) is 31.8 Å². The summed E-state index contributed by atoms with van der Waals surface area (Å²) in [5, 5.41) is 0.543. The minimum absolute atomic E-state index is 0.0221. The molecule has 35 heavy (non-hydrogen) atoms. The predicted octanol–water partition coefficient (Wildman–Crippen LogP) is 3.80. The lowest BCUT2D eigenvalue weighted by molar-refractivity contribution is -0.127. The molecule has 0 aliphatic carbocycles. The summed E-state index contributed by atoms with van der Waals surface area (Å²) in [6.07, 6.45) is 1.23. The molecule has 7 nitrogen and oxygen atoms in total. The quantitative estimate of drug-likeness (QED) is 0.315. The molecule has 0 N–H and O–H groups in total. The lowest BCUT2D eigenvalue weighted by Gasteiger charge is -2.18. The van der Waals surface area contributed by atoms with E-state index in [0.29, 0.717) is 47.3 Å². The second kappa shape index (κ2) is 11.9. The molecule has 186 valence electrons. The first kappa shape index (κ1) is 26.3. The minimum atomic E-state index is -0.0742. The predicted molar refractivity (Wildman–Crippen MR) is 140 cm³/mol. The molecule has 0 spiro atoms. The Morgan fingerprint density at radius 1 is 1.03 bits per heavy atom. The van der Waals surface area contributed by atoms with E-state index < -0.39 is 0 Å². The van der Waals surface area contributed by atoms with Gasteiger partial charge in [-0.2, -0.15) is 0 Å². The van der Waals surface area contributed by atoms with E-state index in [1.807, 2.05) is 56.3 Å². The summed E-state index contributed by atoms with van der Waals surface area (Å²) < 4.78 is 12.2. The highest BCUT2D eigenvalue weighted by molar-refractivity contribution is 7.99. The number of ether oxygens (including phenoxy) is 2. The van der Waals surface area contributed by atoms with Crippen LogP contribution in [0.3, 0.4) is 0 Å². The first-order valence-corrected chi connectivity index (χ1v) is 12.4. The van der Waals surface area contributed by atoms with Crippen LogP contribution in [0.25, 0.3) is 0 Å². The zero-order valence-corrected chi connectivity index (χ0v) is 22.1. The van der Waals surface area contributed by atoms with Gasteiger partial charge in [0.05, 0.1) is 20.0 Å². The van der Waals surface area contributed by atoms with E-state index in [-0.39, 0.29) is 17.2 Å². The molecule has 0 unspecified atom stereocenters. The van der Waals surface area contributed by atoms with Crippen LogP contribution in [0.2, 0.25) is 0 Å². The Balaban J connectivity index is 1.60. The molecule has 2 aromatic carbocycles. The number of thioether (sulfide) groups is 1. The summed E-state index contributed by atoms with van der Waals surface area (Å²) in [6.45, 7) is 4.46. The van der Waals surface area contributed by atoms with E-state index in [2.05, 4.69) is 4.98 Å². The van der Waals surface area contributed by atoms with Crippen LogP contribution in [-0.4, -0.2) is 53.9 Å². The van der Waals surface area contributed by atoms with Crippen molar-refractivity contribution < 1.29 is 14.3 Å². The van der Waals surface area contributed by atoms with Crippen LogP contribution in [0, 0.1) is 13.8 Å². The van der Waals surface area contributed by atoms with Crippen molar-refractivity contribution in [3.8, 4) is 11.5 Å². The van der Waals surface area contributed by atoms with Crippen LogP contribution in [-0.2, 0) is 24.7 Å². The maximum atomic E-state index is 13.0. The molecule has 3 aromatic rings. The Hall–Kier alpha value is -3.26. The summed E-state index contributed by atoms with van der Waals surface area (Å²) in [5.74, 6) is 1.53. The first-order valence-electron chi connectivity index (χ1n) is 11.4. The van der Waals surface area contributed by atoms with Crippen LogP contribution < -0.4 is 15.0 Å². The molecule has 0 radical (unpaired) electrons. The summed E-state index contributed by atoms with van der Waals surface area (Å²) in [5.41, 5.74) is 4.61. The largest absolute Gasteiger partial charge is 0.493 e. The van der Waals surface area contributed by atoms with Crippen LogP contribution in [0.15, 0.2) is 52.4 Å². The van der Waals surface area contributed by atoms with E-state index >= 15 is 0 Å². The number of aryl methyl sites for hydroxylation is 2. The van der Waals surface area contributed by atoms with Crippen LogP contribution in [0.5, 0.6) is 11.5 Å². The second-order valence-corrected chi connectivity index (χ2v) is 9.47. The third kappa shape index (κ3) is 6.66. The van der Waals surface area contributed by atoms with Crippen molar-refractivity contribution in [1.29, 1.82) is 0 Å². The van der Waals surface area contributed by atoms with Gasteiger partial charge in [-0.3, -0.25) is 14.2 Å². The SMILES string of the molecule is COc1ccc(CCN(C)C(=O)CSc2nc(C)c(Cc3ccc(C)cc3)c(=O)n2C)cc1OC. The molecule has 3 rings (SSSR count). The molecule has 0 atom stereocenters. The molecule has 1 heterocycles. The third-order valence-corrected chi connectivity index (χ3v) is 7.00. The second-order valence-electron chi connectivity index (χ2n) is 8.53. The Morgan fingerprint density at radius 2 is 1.69 bits per heavy atom. The van der Waals surface area contributed by atoms with Gasteiger partial charge in [0.25, 0.3) is 5.56 Å². The van der Waals surface area contributed by atoms with Gasteiger partial charge in [-0.05, 0) is 43.5 Å². The fraction of sp³-hybridized carbons (Fsp3) is 0.370. The zero-order valence-electron chi connectivity index (χ0n) is 21.3. The lowest BCUT2D eigenvalue weighted by atomic mass is 10.0. The number of nitrogens with zero attached hydrogens (tertiary/aromatic N) is 3. The van der Waals surface area contributed by atoms with E-state index in [4.69, 9.17) is 9.47 Å². The molecule has 8 heteroatoms. The topological polar surface area (TPSA) is 73.7 Å². The van der Waals surface area contributed by atoms with Gasteiger partial charge in [0.15, 0.2) is 16.7 Å². The molecule has 0 bridgehead atoms. The number of aromatic nitrogens is 2. The lowest BCUT2D eigenvalue weighted by Crippen LogP contribution is -2.31. The van der Waals surface area contributed by atoms with Gasteiger partial charge in [0, 0.05) is 38.3 Å². The Kier molecular flexibility index (Phi) is 8.98. The highest BCUT2D eigenvalue weighted by Crippen LogP contribution is 2.27. The third-order valence-electron chi connectivity index (χ3n) is 5.99. The Morgan fingerprint density at radius 3 is 2.34 bits per heavy atom. The molecular formula is C27H33N3O4S. The van der Waals surface area contributed by atoms with Crippen LogP contribution >= 0.6 is 11.8 Å². The number of rotatable bonds is 10. The molecule has 0 fully saturated rings. The Bertz CT molecular complexity index is 1240. The van der Waals surface area contributed by atoms with Gasteiger partial charge in [-0.15, -0.1) is 0 Å². The molecule has 0 aliphatic rings. The number of amides is 1.